The number of hydrogen-bond acceptors (Lipinski definition) is 5. The van der Waals surface area contributed by atoms with Crippen LogP contribution in [0.2, 0.25) is 0 Å². The highest BCUT2D eigenvalue weighted by Crippen LogP contribution is 2.36. The second-order valence-corrected chi connectivity index (χ2v) is 6.79. The van der Waals surface area contributed by atoms with Gasteiger partial charge in [0.1, 0.15) is 9.88 Å². The summed E-state index contributed by atoms with van der Waals surface area (Å²) in [7, 11) is 0. The van der Waals surface area contributed by atoms with E-state index in [2.05, 4.69) is 4.98 Å². The van der Waals surface area contributed by atoms with Gasteiger partial charge in [-0.05, 0) is 37.6 Å². The van der Waals surface area contributed by atoms with Crippen LogP contribution < -0.4 is 9.47 Å². The summed E-state index contributed by atoms with van der Waals surface area (Å²) in [5.41, 5.74) is 2.41. The number of thiazole rings is 1. The van der Waals surface area contributed by atoms with Crippen LogP contribution in [-0.4, -0.2) is 29.3 Å². The minimum Gasteiger partial charge on any atom is -0.490 e. The zero-order valence-corrected chi connectivity index (χ0v) is 16.1. The molecule has 2 aromatic carbocycles. The normalized spacial score (nSPS) is 10.6. The Morgan fingerprint density at radius 1 is 1.04 bits per heavy atom. The van der Waals surface area contributed by atoms with Crippen LogP contribution in [-0.2, 0) is 6.42 Å². The van der Waals surface area contributed by atoms with E-state index in [1.54, 1.807) is 0 Å². The third-order valence-electron chi connectivity index (χ3n) is 3.90. The Bertz CT molecular complexity index is 921. The van der Waals surface area contributed by atoms with Gasteiger partial charge < -0.3 is 14.6 Å². The molecule has 1 aromatic heterocycles. The number of benzene rings is 2. The van der Waals surface area contributed by atoms with E-state index < -0.39 is 5.97 Å². The summed E-state index contributed by atoms with van der Waals surface area (Å²) < 4.78 is 11.3. The lowest BCUT2D eigenvalue weighted by atomic mass is 10.1. The molecule has 0 fully saturated rings. The predicted molar refractivity (Wildman–Crippen MR) is 106 cm³/mol. The zero-order valence-electron chi connectivity index (χ0n) is 15.3. The first-order valence-electron chi connectivity index (χ1n) is 8.79. The van der Waals surface area contributed by atoms with Crippen LogP contribution in [0.3, 0.4) is 0 Å². The molecule has 1 N–H and O–H groups in total. The molecule has 0 amide bonds. The van der Waals surface area contributed by atoms with Crippen molar-refractivity contribution in [1.82, 2.24) is 4.98 Å². The van der Waals surface area contributed by atoms with E-state index in [1.165, 1.54) is 11.3 Å². The maximum absolute atomic E-state index is 11.7. The van der Waals surface area contributed by atoms with Gasteiger partial charge in [-0.2, -0.15) is 0 Å². The van der Waals surface area contributed by atoms with Crippen LogP contribution in [0.5, 0.6) is 11.5 Å². The molecule has 0 saturated heterocycles. The molecule has 0 atom stereocenters. The zero-order chi connectivity index (χ0) is 19.2. The lowest BCUT2D eigenvalue weighted by Gasteiger charge is -2.11. The van der Waals surface area contributed by atoms with Crippen molar-refractivity contribution < 1.29 is 19.4 Å². The Balaban J connectivity index is 1.98. The van der Waals surface area contributed by atoms with E-state index >= 15 is 0 Å². The Hall–Kier alpha value is -2.86. The van der Waals surface area contributed by atoms with Gasteiger partial charge in [-0.1, -0.05) is 30.3 Å². The van der Waals surface area contributed by atoms with E-state index in [4.69, 9.17) is 9.47 Å². The first kappa shape index (κ1) is 18.9. The van der Waals surface area contributed by atoms with Crippen LogP contribution in [0.1, 0.15) is 34.8 Å². The van der Waals surface area contributed by atoms with Gasteiger partial charge >= 0.3 is 5.97 Å². The van der Waals surface area contributed by atoms with Crippen molar-refractivity contribution in [2.24, 2.45) is 0 Å². The van der Waals surface area contributed by atoms with Gasteiger partial charge in [-0.3, -0.25) is 0 Å². The number of aromatic nitrogens is 1. The minimum absolute atomic E-state index is 0.265. The van der Waals surface area contributed by atoms with E-state index in [9.17, 15) is 9.90 Å². The highest BCUT2D eigenvalue weighted by atomic mass is 32.1. The van der Waals surface area contributed by atoms with Crippen molar-refractivity contribution in [2.75, 3.05) is 13.2 Å². The lowest BCUT2D eigenvalue weighted by molar-refractivity contribution is 0.0701. The first-order valence-corrected chi connectivity index (χ1v) is 9.61. The third-order valence-corrected chi connectivity index (χ3v) is 5.03. The average Bonchev–Trinajstić information content (AvgIpc) is 3.08. The van der Waals surface area contributed by atoms with Crippen LogP contribution in [0.4, 0.5) is 0 Å². The van der Waals surface area contributed by atoms with Gasteiger partial charge in [0.25, 0.3) is 0 Å². The molecular weight excluding hydrogens is 362 g/mol. The largest absolute Gasteiger partial charge is 0.490 e. The van der Waals surface area contributed by atoms with Crippen LogP contribution in [0.25, 0.3) is 10.6 Å². The molecule has 0 spiro atoms. The maximum atomic E-state index is 11.7. The molecule has 0 aliphatic rings. The molecule has 3 aromatic rings. The van der Waals surface area contributed by atoms with Crippen LogP contribution in [0.15, 0.2) is 48.5 Å². The van der Waals surface area contributed by atoms with Crippen molar-refractivity contribution in [3.63, 3.8) is 0 Å². The fourth-order valence-electron chi connectivity index (χ4n) is 2.74. The summed E-state index contributed by atoms with van der Waals surface area (Å²) in [5.74, 6) is 0.344. The molecule has 0 aliphatic carbocycles. The highest BCUT2D eigenvalue weighted by Gasteiger charge is 2.19. The smallest absolute Gasteiger partial charge is 0.347 e. The monoisotopic (exact) mass is 383 g/mol. The van der Waals surface area contributed by atoms with E-state index in [1.807, 2.05) is 62.4 Å². The fraction of sp³-hybridized carbons (Fsp3) is 0.238. The fourth-order valence-corrected chi connectivity index (χ4v) is 3.65. The lowest BCUT2D eigenvalue weighted by Crippen LogP contribution is -1.99. The van der Waals surface area contributed by atoms with Gasteiger partial charge in [0.2, 0.25) is 0 Å². The number of carbonyl (C=O) groups is 1. The van der Waals surface area contributed by atoms with E-state index in [0.717, 1.165) is 11.1 Å². The topological polar surface area (TPSA) is 68.7 Å². The summed E-state index contributed by atoms with van der Waals surface area (Å²) in [6, 6.07) is 15.3. The Morgan fingerprint density at radius 2 is 1.74 bits per heavy atom. The molecule has 0 radical (unpaired) electrons. The van der Waals surface area contributed by atoms with Gasteiger partial charge in [0, 0.05) is 12.0 Å². The second-order valence-electron chi connectivity index (χ2n) is 5.79. The number of nitrogens with zero attached hydrogens (tertiary/aromatic N) is 1. The predicted octanol–water partition coefficient (Wildman–Crippen LogP) is 4.90. The molecule has 0 unspecified atom stereocenters. The number of aromatic carboxylic acids is 1. The molecule has 0 bridgehead atoms. The molecule has 27 heavy (non-hydrogen) atoms. The van der Waals surface area contributed by atoms with Crippen molar-refractivity contribution >= 4 is 17.3 Å². The Kier molecular flexibility index (Phi) is 6.08. The van der Waals surface area contributed by atoms with E-state index in [0.29, 0.717) is 41.8 Å². The van der Waals surface area contributed by atoms with Crippen molar-refractivity contribution in [3.8, 4) is 22.1 Å². The molecule has 140 valence electrons. The van der Waals surface area contributed by atoms with Gasteiger partial charge in [-0.25, -0.2) is 9.78 Å². The highest BCUT2D eigenvalue weighted by molar-refractivity contribution is 7.17. The molecule has 6 heteroatoms. The van der Waals surface area contributed by atoms with Crippen molar-refractivity contribution in [2.45, 2.75) is 20.3 Å². The number of rotatable bonds is 8. The number of carboxylic acid groups (broad SMARTS) is 1. The first-order chi connectivity index (χ1) is 13.1. The second kappa shape index (κ2) is 8.68. The summed E-state index contributed by atoms with van der Waals surface area (Å²) in [6.45, 7) is 4.88. The molecular formula is C21H21NO4S. The third kappa shape index (κ3) is 4.46. The molecule has 5 nitrogen and oxygen atoms in total. The summed E-state index contributed by atoms with van der Waals surface area (Å²) in [6.07, 6.45) is 0.480. The Morgan fingerprint density at radius 3 is 2.41 bits per heavy atom. The van der Waals surface area contributed by atoms with Gasteiger partial charge in [-0.15, -0.1) is 11.3 Å². The average molecular weight is 383 g/mol. The molecule has 3 rings (SSSR count). The SMILES string of the molecule is CCOc1ccc(-c2nc(Cc3ccccc3)c(C(=O)O)s2)cc1OCC. The van der Waals surface area contributed by atoms with Crippen molar-refractivity contribution in [1.29, 1.82) is 0 Å². The van der Waals surface area contributed by atoms with Gasteiger partial charge in [0.05, 0.1) is 18.9 Å². The summed E-state index contributed by atoms with van der Waals surface area (Å²) >= 11 is 1.18. The Labute approximate surface area is 162 Å². The van der Waals surface area contributed by atoms with E-state index in [-0.39, 0.29) is 4.88 Å². The minimum atomic E-state index is -0.958. The van der Waals surface area contributed by atoms with Crippen molar-refractivity contribution in [3.05, 3.63) is 64.7 Å². The van der Waals surface area contributed by atoms with Gasteiger partial charge in [0.15, 0.2) is 11.5 Å². The number of hydrogen-bond donors (Lipinski definition) is 1. The molecule has 0 aliphatic heterocycles. The number of ether oxygens (including phenoxy) is 2. The maximum Gasteiger partial charge on any atom is 0.347 e. The summed E-state index contributed by atoms with van der Waals surface area (Å²) in [4.78, 5) is 16.6. The molecule has 1 heterocycles. The molecule has 0 saturated carbocycles. The standard InChI is InChI=1S/C21H21NO4S/c1-3-25-17-11-10-15(13-18(17)26-4-2)20-22-16(19(27-20)21(23)24)12-14-8-6-5-7-9-14/h5-11,13H,3-4,12H2,1-2H3,(H,23,24). The van der Waals surface area contributed by atoms with Crippen LogP contribution >= 0.6 is 11.3 Å². The summed E-state index contributed by atoms with van der Waals surface area (Å²) in [5, 5.41) is 10.2. The van der Waals surface area contributed by atoms with Crippen LogP contribution in [0, 0.1) is 0 Å². The number of carboxylic acids is 1. The quantitative estimate of drug-likeness (QED) is 0.599.